The van der Waals surface area contributed by atoms with Gasteiger partial charge >= 0.3 is 0 Å². The summed E-state index contributed by atoms with van der Waals surface area (Å²) in [7, 11) is 0. The molecule has 2 amide bonds. The van der Waals surface area contributed by atoms with E-state index in [0.29, 0.717) is 18.4 Å². The molecule has 0 heterocycles. The van der Waals surface area contributed by atoms with Crippen LogP contribution in [0.4, 0.5) is 0 Å². The van der Waals surface area contributed by atoms with Gasteiger partial charge in [-0.15, -0.1) is 0 Å². The van der Waals surface area contributed by atoms with Crippen LogP contribution in [0.1, 0.15) is 66.7 Å². The van der Waals surface area contributed by atoms with Crippen molar-refractivity contribution < 1.29 is 9.59 Å². The molecule has 0 rings (SSSR count). The molecule has 0 atom stereocenters. The van der Waals surface area contributed by atoms with Gasteiger partial charge in [0.1, 0.15) is 5.92 Å². The first kappa shape index (κ1) is 19.9. The summed E-state index contributed by atoms with van der Waals surface area (Å²) in [5.74, 6) is 0.611. The maximum absolute atomic E-state index is 12.3. The molecule has 0 unspecified atom stereocenters. The van der Waals surface area contributed by atoms with Crippen molar-refractivity contribution in [3.8, 4) is 0 Å². The Balaban J connectivity index is 4.27. The lowest BCUT2D eigenvalue weighted by Crippen LogP contribution is -2.42. The number of unbranched alkanes of at least 4 members (excludes halogenated alkanes) is 1. The van der Waals surface area contributed by atoms with Gasteiger partial charge in [0, 0.05) is 19.6 Å². The summed E-state index contributed by atoms with van der Waals surface area (Å²) in [4.78, 5) is 26.2. The highest BCUT2D eigenvalue weighted by molar-refractivity contribution is 6.13. The molecule has 0 aliphatic rings. The van der Waals surface area contributed by atoms with Gasteiger partial charge in [-0.3, -0.25) is 9.59 Å². The van der Waals surface area contributed by atoms with E-state index in [1.807, 2.05) is 6.92 Å². The topological polar surface area (TPSA) is 49.4 Å². The Morgan fingerprint density at radius 1 is 1.05 bits per heavy atom. The molecule has 1 N–H and O–H groups in total. The molecule has 0 fully saturated rings. The van der Waals surface area contributed by atoms with Gasteiger partial charge in [-0.1, -0.05) is 34.1 Å². The molecule has 0 spiro atoms. The fraction of sp³-hybridized carbons (Fsp3) is 0.824. The van der Waals surface area contributed by atoms with Crippen LogP contribution in [0, 0.1) is 11.8 Å². The van der Waals surface area contributed by atoms with Gasteiger partial charge in [0.2, 0.25) is 11.8 Å². The lowest BCUT2D eigenvalue weighted by molar-refractivity contribution is -0.133. The number of nitrogens with one attached hydrogen (secondary N) is 1. The highest BCUT2D eigenvalue weighted by Crippen LogP contribution is 2.08. The van der Waals surface area contributed by atoms with E-state index in [1.54, 1.807) is 11.8 Å². The molecule has 0 aliphatic heterocycles. The first-order chi connectivity index (χ1) is 9.93. The molecular weight excluding hydrogens is 264 g/mol. The van der Waals surface area contributed by atoms with E-state index in [-0.39, 0.29) is 11.8 Å². The molecule has 0 bridgehead atoms. The fourth-order valence-corrected chi connectivity index (χ4v) is 2.11. The van der Waals surface area contributed by atoms with Crippen LogP contribution < -0.4 is 5.32 Å². The van der Waals surface area contributed by atoms with Crippen molar-refractivity contribution in [1.82, 2.24) is 10.2 Å². The fourth-order valence-electron chi connectivity index (χ4n) is 2.11. The third-order valence-corrected chi connectivity index (χ3v) is 3.47. The summed E-state index contributed by atoms with van der Waals surface area (Å²) >= 11 is 0. The summed E-state index contributed by atoms with van der Waals surface area (Å²) in [5, 5.41) is 2.85. The lowest BCUT2D eigenvalue weighted by atomic mass is 10.1. The summed E-state index contributed by atoms with van der Waals surface area (Å²) in [6.45, 7) is 12.2. The monoisotopic (exact) mass is 297 g/mol. The first-order valence-corrected chi connectivity index (χ1v) is 8.35. The van der Waals surface area contributed by atoms with E-state index >= 15 is 0 Å². The molecule has 21 heavy (non-hydrogen) atoms. The largest absolute Gasteiger partial charge is 0.355 e. The number of amides is 2. The quantitative estimate of drug-likeness (QED) is 0.470. The number of nitrogens with zero attached hydrogens (tertiary/aromatic N) is 1. The van der Waals surface area contributed by atoms with Crippen LogP contribution >= 0.6 is 0 Å². The van der Waals surface area contributed by atoms with Crippen molar-refractivity contribution in [2.24, 2.45) is 5.92 Å². The Morgan fingerprint density at radius 3 is 2.24 bits per heavy atom. The zero-order valence-electron chi connectivity index (χ0n) is 14.5. The van der Waals surface area contributed by atoms with E-state index in [0.717, 1.165) is 45.2 Å². The molecule has 1 radical (unpaired) electrons. The van der Waals surface area contributed by atoms with Gasteiger partial charge in [-0.2, -0.15) is 0 Å². The molecule has 0 saturated heterocycles. The Labute approximate surface area is 130 Å². The SMILES string of the molecule is CCCCN(CCC)C(=O)[C](C)C(=O)NCCCC(C)C. The van der Waals surface area contributed by atoms with Crippen LogP contribution in [0.2, 0.25) is 0 Å². The molecule has 123 valence electrons. The molecule has 0 aromatic carbocycles. The predicted octanol–water partition coefficient (Wildman–Crippen LogP) is 3.17. The minimum atomic E-state index is -0.221. The van der Waals surface area contributed by atoms with E-state index in [9.17, 15) is 9.59 Å². The van der Waals surface area contributed by atoms with Gasteiger partial charge in [-0.25, -0.2) is 0 Å². The smallest absolute Gasteiger partial charge is 0.239 e. The van der Waals surface area contributed by atoms with Crippen LogP contribution in [0.3, 0.4) is 0 Å². The molecule has 0 aromatic rings. The summed E-state index contributed by atoms with van der Waals surface area (Å²) in [6.07, 6.45) is 4.99. The third-order valence-electron chi connectivity index (χ3n) is 3.47. The maximum atomic E-state index is 12.3. The van der Waals surface area contributed by atoms with Crippen LogP contribution in [0.15, 0.2) is 0 Å². The van der Waals surface area contributed by atoms with Gasteiger partial charge in [0.05, 0.1) is 0 Å². The number of carbonyl (C=O) groups is 2. The molecule has 0 saturated carbocycles. The zero-order chi connectivity index (χ0) is 16.3. The van der Waals surface area contributed by atoms with Crippen molar-refractivity contribution >= 4 is 11.8 Å². The highest BCUT2D eigenvalue weighted by atomic mass is 16.2. The maximum Gasteiger partial charge on any atom is 0.239 e. The lowest BCUT2D eigenvalue weighted by Gasteiger charge is -2.24. The van der Waals surface area contributed by atoms with E-state index in [1.165, 1.54) is 0 Å². The number of carbonyl (C=O) groups excluding carboxylic acids is 2. The minimum absolute atomic E-state index is 0.119. The highest BCUT2D eigenvalue weighted by Gasteiger charge is 2.26. The third kappa shape index (κ3) is 8.74. The molecule has 0 aromatic heterocycles. The first-order valence-electron chi connectivity index (χ1n) is 8.35. The standard InChI is InChI=1S/C17H33N2O2/c1-6-8-13-19(12-7-2)17(21)15(5)16(20)18-11-9-10-14(3)4/h14H,6-13H2,1-5H3,(H,18,20). The van der Waals surface area contributed by atoms with Crippen molar-refractivity contribution in [2.75, 3.05) is 19.6 Å². The second-order valence-electron chi connectivity index (χ2n) is 6.06. The Morgan fingerprint density at radius 2 is 1.71 bits per heavy atom. The number of hydrogen-bond acceptors (Lipinski definition) is 2. The Hall–Kier alpha value is -1.06. The van der Waals surface area contributed by atoms with Crippen LogP contribution in [-0.4, -0.2) is 36.3 Å². The molecular formula is C17H33N2O2. The van der Waals surface area contributed by atoms with E-state index < -0.39 is 0 Å². The average molecular weight is 297 g/mol. The van der Waals surface area contributed by atoms with Crippen molar-refractivity contribution in [3.63, 3.8) is 0 Å². The average Bonchev–Trinajstić information content (AvgIpc) is 2.46. The van der Waals surface area contributed by atoms with Gasteiger partial charge < -0.3 is 10.2 Å². The van der Waals surface area contributed by atoms with E-state index in [2.05, 4.69) is 26.1 Å². The Kier molecular flexibility index (Phi) is 11.0. The van der Waals surface area contributed by atoms with Crippen molar-refractivity contribution in [3.05, 3.63) is 5.92 Å². The van der Waals surface area contributed by atoms with Crippen LogP contribution in [0.5, 0.6) is 0 Å². The van der Waals surface area contributed by atoms with Gasteiger partial charge in [-0.05, 0) is 38.5 Å². The molecule has 4 heteroatoms. The van der Waals surface area contributed by atoms with Crippen LogP contribution in [0.25, 0.3) is 0 Å². The minimum Gasteiger partial charge on any atom is -0.355 e. The number of hydrogen-bond donors (Lipinski definition) is 1. The van der Waals surface area contributed by atoms with E-state index in [4.69, 9.17) is 0 Å². The Bertz CT molecular complexity index is 303. The van der Waals surface area contributed by atoms with Crippen molar-refractivity contribution in [1.29, 1.82) is 0 Å². The molecule has 4 nitrogen and oxygen atoms in total. The second-order valence-corrected chi connectivity index (χ2v) is 6.06. The summed E-state index contributed by atoms with van der Waals surface area (Å²) < 4.78 is 0. The van der Waals surface area contributed by atoms with Crippen molar-refractivity contribution in [2.45, 2.75) is 66.7 Å². The normalized spacial score (nSPS) is 11.0. The van der Waals surface area contributed by atoms with Crippen LogP contribution in [-0.2, 0) is 9.59 Å². The van der Waals surface area contributed by atoms with Gasteiger partial charge in [0.15, 0.2) is 0 Å². The summed E-state index contributed by atoms with van der Waals surface area (Å²) in [6, 6.07) is 0. The predicted molar refractivity (Wildman–Crippen MR) is 87.8 cm³/mol. The molecule has 0 aliphatic carbocycles. The zero-order valence-corrected chi connectivity index (χ0v) is 14.5. The second kappa shape index (κ2) is 11.6. The summed E-state index contributed by atoms with van der Waals surface area (Å²) in [5.41, 5.74) is 0. The number of rotatable bonds is 11. The van der Waals surface area contributed by atoms with Gasteiger partial charge in [0.25, 0.3) is 0 Å².